The van der Waals surface area contributed by atoms with Gasteiger partial charge in [-0.05, 0) is 31.6 Å². The Morgan fingerprint density at radius 3 is 2.62 bits per heavy atom. The second-order valence-corrected chi connectivity index (χ2v) is 7.12. The fourth-order valence-electron chi connectivity index (χ4n) is 3.62. The van der Waals surface area contributed by atoms with Crippen LogP contribution in [0.4, 0.5) is 0 Å². The van der Waals surface area contributed by atoms with Gasteiger partial charge < -0.3 is 4.90 Å². The molecule has 1 aliphatic heterocycles. The minimum absolute atomic E-state index is 0.423. The molecule has 3 fully saturated rings. The molecule has 2 nitrogen and oxygen atoms in total. The summed E-state index contributed by atoms with van der Waals surface area (Å²) >= 11 is 2.01. The lowest BCUT2D eigenvalue weighted by Gasteiger charge is -2.38. The van der Waals surface area contributed by atoms with Gasteiger partial charge in [0.1, 0.15) is 0 Å². The van der Waals surface area contributed by atoms with Crippen molar-refractivity contribution < 1.29 is 4.79 Å². The summed E-state index contributed by atoms with van der Waals surface area (Å²) in [5, 5.41) is 0.608. The molecule has 90 valence electrons. The van der Waals surface area contributed by atoms with Crippen LogP contribution in [0.3, 0.4) is 0 Å². The first-order valence-electron chi connectivity index (χ1n) is 6.62. The molecule has 1 heterocycles. The summed E-state index contributed by atoms with van der Waals surface area (Å²) in [7, 11) is 0. The summed E-state index contributed by atoms with van der Waals surface area (Å²) < 4.78 is 0. The standard InChI is InChI=1S/C13H21NOS/c1-8-9(2)16-7-6-14(8)13(15)12-10-4-3-5-11(10)12/h8-12H,3-7H2,1-2H3/t8-,9-,10+,11+/m0/s1. The fraction of sp³-hybridized carbons (Fsp3) is 0.923. The second kappa shape index (κ2) is 3.94. The van der Waals surface area contributed by atoms with Gasteiger partial charge in [0.15, 0.2) is 0 Å². The van der Waals surface area contributed by atoms with Crippen LogP contribution in [0, 0.1) is 17.8 Å². The summed E-state index contributed by atoms with van der Waals surface area (Å²) in [6, 6.07) is 0.438. The molecule has 1 amide bonds. The molecular formula is C13H21NOS. The van der Waals surface area contributed by atoms with Gasteiger partial charge in [0.25, 0.3) is 0 Å². The van der Waals surface area contributed by atoms with Gasteiger partial charge in [-0.3, -0.25) is 4.79 Å². The maximum atomic E-state index is 12.4. The Kier molecular flexibility index (Phi) is 2.69. The lowest BCUT2D eigenvalue weighted by Crippen LogP contribution is -2.49. The fourth-order valence-corrected chi connectivity index (χ4v) is 4.72. The lowest BCUT2D eigenvalue weighted by atomic mass is 10.1. The summed E-state index contributed by atoms with van der Waals surface area (Å²) in [4.78, 5) is 14.6. The third-order valence-corrected chi connectivity index (χ3v) is 6.20. The highest BCUT2D eigenvalue weighted by Crippen LogP contribution is 2.58. The molecule has 0 bridgehead atoms. The molecule has 3 heteroatoms. The molecule has 4 atom stereocenters. The molecule has 16 heavy (non-hydrogen) atoms. The second-order valence-electron chi connectivity index (χ2n) is 5.63. The van der Waals surface area contributed by atoms with E-state index in [1.165, 1.54) is 19.3 Å². The predicted octanol–water partition coefficient (Wildman–Crippen LogP) is 2.38. The van der Waals surface area contributed by atoms with E-state index in [2.05, 4.69) is 18.7 Å². The predicted molar refractivity (Wildman–Crippen MR) is 67.4 cm³/mol. The average molecular weight is 239 g/mol. The summed E-state index contributed by atoms with van der Waals surface area (Å²) in [6.45, 7) is 5.44. The molecule has 2 aliphatic carbocycles. The largest absolute Gasteiger partial charge is 0.338 e. The van der Waals surface area contributed by atoms with Crippen molar-refractivity contribution in [2.75, 3.05) is 12.3 Å². The monoisotopic (exact) mass is 239 g/mol. The zero-order chi connectivity index (χ0) is 11.3. The Labute approximate surface area is 102 Å². The smallest absolute Gasteiger partial charge is 0.226 e. The highest BCUT2D eigenvalue weighted by atomic mass is 32.2. The van der Waals surface area contributed by atoms with Gasteiger partial charge in [-0.1, -0.05) is 13.3 Å². The van der Waals surface area contributed by atoms with Gasteiger partial charge in [0, 0.05) is 29.5 Å². The van der Waals surface area contributed by atoms with Crippen LogP contribution in [-0.2, 0) is 4.79 Å². The molecule has 0 aromatic rings. The Bertz CT molecular complexity index is 296. The zero-order valence-electron chi connectivity index (χ0n) is 10.2. The van der Waals surface area contributed by atoms with Crippen molar-refractivity contribution >= 4 is 17.7 Å². The number of carbonyl (C=O) groups is 1. The van der Waals surface area contributed by atoms with Crippen LogP contribution in [0.5, 0.6) is 0 Å². The van der Waals surface area contributed by atoms with Crippen LogP contribution < -0.4 is 0 Å². The van der Waals surface area contributed by atoms with Gasteiger partial charge in [-0.25, -0.2) is 0 Å². The molecule has 0 aromatic carbocycles. The van der Waals surface area contributed by atoms with Crippen molar-refractivity contribution in [2.45, 2.75) is 44.4 Å². The summed E-state index contributed by atoms with van der Waals surface area (Å²) in [5.41, 5.74) is 0. The lowest BCUT2D eigenvalue weighted by molar-refractivity contribution is -0.135. The van der Waals surface area contributed by atoms with E-state index in [4.69, 9.17) is 0 Å². The highest BCUT2D eigenvalue weighted by molar-refractivity contribution is 8.00. The molecule has 0 unspecified atom stereocenters. The molecule has 3 rings (SSSR count). The van der Waals surface area contributed by atoms with Crippen molar-refractivity contribution in [1.29, 1.82) is 0 Å². The number of hydrogen-bond acceptors (Lipinski definition) is 2. The van der Waals surface area contributed by atoms with E-state index in [1.54, 1.807) is 0 Å². The van der Waals surface area contributed by atoms with E-state index < -0.39 is 0 Å². The van der Waals surface area contributed by atoms with E-state index in [0.717, 1.165) is 24.1 Å². The molecule has 3 aliphatic rings. The van der Waals surface area contributed by atoms with Crippen molar-refractivity contribution in [2.24, 2.45) is 17.8 Å². The number of rotatable bonds is 1. The number of nitrogens with zero attached hydrogens (tertiary/aromatic N) is 1. The van der Waals surface area contributed by atoms with Crippen LogP contribution in [-0.4, -0.2) is 34.4 Å². The van der Waals surface area contributed by atoms with Gasteiger partial charge >= 0.3 is 0 Å². The van der Waals surface area contributed by atoms with Crippen molar-refractivity contribution in [3.05, 3.63) is 0 Å². The van der Waals surface area contributed by atoms with Gasteiger partial charge in [-0.15, -0.1) is 0 Å². The maximum Gasteiger partial charge on any atom is 0.226 e. The van der Waals surface area contributed by atoms with E-state index in [9.17, 15) is 4.79 Å². The minimum atomic E-state index is 0.423. The van der Waals surface area contributed by atoms with Crippen molar-refractivity contribution in [3.8, 4) is 0 Å². The molecule has 0 spiro atoms. The Morgan fingerprint density at radius 1 is 1.25 bits per heavy atom. The highest BCUT2D eigenvalue weighted by Gasteiger charge is 2.58. The van der Waals surface area contributed by atoms with Crippen LogP contribution in [0.25, 0.3) is 0 Å². The first-order chi connectivity index (χ1) is 7.70. The van der Waals surface area contributed by atoms with Crippen LogP contribution in [0.1, 0.15) is 33.1 Å². The number of hydrogen-bond donors (Lipinski definition) is 0. The van der Waals surface area contributed by atoms with Crippen molar-refractivity contribution in [3.63, 3.8) is 0 Å². The van der Waals surface area contributed by atoms with E-state index in [-0.39, 0.29) is 0 Å². The summed E-state index contributed by atoms with van der Waals surface area (Å²) in [6.07, 6.45) is 3.99. The third kappa shape index (κ3) is 1.59. The number of fused-ring (bicyclic) bond motifs is 1. The molecular weight excluding hydrogens is 218 g/mol. The van der Waals surface area contributed by atoms with Gasteiger partial charge in [0.05, 0.1) is 0 Å². The molecule has 0 radical (unpaired) electrons. The topological polar surface area (TPSA) is 20.3 Å². The van der Waals surface area contributed by atoms with Crippen LogP contribution in [0.2, 0.25) is 0 Å². The van der Waals surface area contributed by atoms with E-state index in [0.29, 0.717) is 23.1 Å². The van der Waals surface area contributed by atoms with Crippen LogP contribution in [0.15, 0.2) is 0 Å². The van der Waals surface area contributed by atoms with E-state index >= 15 is 0 Å². The van der Waals surface area contributed by atoms with Crippen LogP contribution >= 0.6 is 11.8 Å². The molecule has 2 saturated carbocycles. The Morgan fingerprint density at radius 2 is 1.94 bits per heavy atom. The average Bonchev–Trinajstić information content (AvgIpc) is 2.75. The maximum absolute atomic E-state index is 12.4. The zero-order valence-corrected chi connectivity index (χ0v) is 11.0. The minimum Gasteiger partial charge on any atom is -0.338 e. The third-order valence-electron chi connectivity index (χ3n) is 4.86. The Balaban J connectivity index is 1.66. The van der Waals surface area contributed by atoms with Gasteiger partial charge in [0.2, 0.25) is 5.91 Å². The van der Waals surface area contributed by atoms with Crippen molar-refractivity contribution in [1.82, 2.24) is 4.90 Å². The first kappa shape index (κ1) is 10.9. The molecule has 0 aromatic heterocycles. The first-order valence-corrected chi connectivity index (χ1v) is 7.67. The normalized spacial score (nSPS) is 46.6. The summed E-state index contributed by atoms with van der Waals surface area (Å²) in [5.74, 6) is 3.56. The number of thioether (sulfide) groups is 1. The Hall–Kier alpha value is -0.180. The van der Waals surface area contributed by atoms with Gasteiger partial charge in [-0.2, -0.15) is 11.8 Å². The SMILES string of the molecule is C[C@@H]1SCCN(C(=O)C2[C@@H]3CCC[C@@H]23)[C@H]1C. The quantitative estimate of drug-likeness (QED) is 0.700. The molecule has 0 N–H and O–H groups in total. The number of amides is 1. The van der Waals surface area contributed by atoms with E-state index in [1.807, 2.05) is 11.8 Å². The molecule has 1 saturated heterocycles. The number of carbonyl (C=O) groups excluding carboxylic acids is 1.